The van der Waals surface area contributed by atoms with E-state index in [2.05, 4.69) is 41.5 Å². The van der Waals surface area contributed by atoms with Crippen LogP contribution in [-0.4, -0.2) is 23.9 Å². The molecule has 0 fully saturated rings. The Hall–Kier alpha value is -2.95. The molecule has 2 aromatic carbocycles. The van der Waals surface area contributed by atoms with Crippen LogP contribution in [0.4, 0.5) is 11.5 Å². The van der Waals surface area contributed by atoms with Gasteiger partial charge in [0, 0.05) is 29.3 Å². The molecule has 4 rings (SSSR count). The number of nitrogens with zero attached hydrogens (tertiary/aromatic N) is 1. The number of hydrogen-bond donors (Lipinski definition) is 2. The van der Waals surface area contributed by atoms with Crippen molar-refractivity contribution in [2.75, 3.05) is 19.0 Å². The predicted molar refractivity (Wildman–Crippen MR) is 103 cm³/mol. The Labute approximate surface area is 153 Å². The molecule has 1 heterocycles. The number of methoxy groups -OCH3 is 1. The molecule has 0 radical (unpaired) electrons. The van der Waals surface area contributed by atoms with E-state index in [9.17, 15) is 0 Å². The molecule has 134 valence electrons. The zero-order valence-electron chi connectivity index (χ0n) is 15.3. The van der Waals surface area contributed by atoms with E-state index in [0.29, 0.717) is 12.5 Å². The molecule has 0 spiro atoms. The number of ether oxygens (including phenoxy) is 2. The van der Waals surface area contributed by atoms with Crippen molar-refractivity contribution < 1.29 is 9.47 Å². The number of aromatic amines is 1. The van der Waals surface area contributed by atoms with Crippen LogP contribution in [0.2, 0.25) is 0 Å². The summed E-state index contributed by atoms with van der Waals surface area (Å²) in [4.78, 5) is 0. The Morgan fingerprint density at radius 3 is 2.85 bits per heavy atom. The number of benzene rings is 2. The van der Waals surface area contributed by atoms with Gasteiger partial charge in [0.2, 0.25) is 0 Å². The van der Waals surface area contributed by atoms with Gasteiger partial charge in [-0.15, -0.1) is 0 Å². The first kappa shape index (κ1) is 16.5. The molecule has 0 saturated carbocycles. The molecule has 0 amide bonds. The summed E-state index contributed by atoms with van der Waals surface area (Å²) in [5.41, 5.74) is 5.67. The second kappa shape index (κ2) is 6.75. The minimum absolute atomic E-state index is 0.497. The highest BCUT2D eigenvalue weighted by Crippen LogP contribution is 2.40. The van der Waals surface area contributed by atoms with Crippen molar-refractivity contribution in [3.63, 3.8) is 0 Å². The van der Waals surface area contributed by atoms with Crippen molar-refractivity contribution in [1.29, 1.82) is 0 Å². The Bertz CT molecular complexity index is 931. The van der Waals surface area contributed by atoms with Gasteiger partial charge in [-0.25, -0.2) is 0 Å². The van der Waals surface area contributed by atoms with Crippen LogP contribution < -0.4 is 14.8 Å². The normalized spacial score (nSPS) is 12.0. The summed E-state index contributed by atoms with van der Waals surface area (Å²) in [6.45, 7) is 4.99. The molecule has 0 aliphatic heterocycles. The van der Waals surface area contributed by atoms with E-state index in [0.717, 1.165) is 35.1 Å². The number of anilines is 2. The van der Waals surface area contributed by atoms with Gasteiger partial charge in [-0.05, 0) is 41.8 Å². The monoisotopic (exact) mass is 349 g/mol. The van der Waals surface area contributed by atoms with Crippen molar-refractivity contribution in [3.8, 4) is 22.8 Å². The Kier molecular flexibility index (Phi) is 4.29. The highest BCUT2D eigenvalue weighted by molar-refractivity contribution is 5.80. The van der Waals surface area contributed by atoms with Gasteiger partial charge in [-0.1, -0.05) is 19.9 Å². The zero-order valence-corrected chi connectivity index (χ0v) is 15.3. The van der Waals surface area contributed by atoms with Crippen LogP contribution in [-0.2, 0) is 6.42 Å². The summed E-state index contributed by atoms with van der Waals surface area (Å²) in [6.07, 6.45) is 0.838. The number of hydrogen-bond acceptors (Lipinski definition) is 4. The molecule has 0 atom stereocenters. The van der Waals surface area contributed by atoms with E-state index in [1.54, 1.807) is 7.11 Å². The molecule has 0 unspecified atom stereocenters. The molecule has 1 aromatic heterocycles. The zero-order chi connectivity index (χ0) is 18.1. The van der Waals surface area contributed by atoms with E-state index >= 15 is 0 Å². The van der Waals surface area contributed by atoms with Crippen molar-refractivity contribution >= 4 is 11.5 Å². The van der Waals surface area contributed by atoms with E-state index in [1.165, 1.54) is 16.7 Å². The number of fused-ring (bicyclic) bond motifs is 3. The first-order valence-electron chi connectivity index (χ1n) is 8.88. The van der Waals surface area contributed by atoms with Gasteiger partial charge in [0.1, 0.15) is 11.5 Å². The number of aromatic nitrogens is 2. The first-order chi connectivity index (χ1) is 12.6. The molecule has 0 saturated heterocycles. The lowest BCUT2D eigenvalue weighted by atomic mass is 10.1. The van der Waals surface area contributed by atoms with Crippen LogP contribution in [0.15, 0.2) is 42.5 Å². The fraction of sp³-hybridized carbons (Fsp3) is 0.286. The summed E-state index contributed by atoms with van der Waals surface area (Å²) >= 11 is 0. The number of nitrogens with one attached hydrogen (secondary N) is 2. The van der Waals surface area contributed by atoms with E-state index < -0.39 is 0 Å². The summed E-state index contributed by atoms with van der Waals surface area (Å²) in [5, 5.41) is 11.1. The lowest BCUT2D eigenvalue weighted by Crippen LogP contribution is -2.04. The Morgan fingerprint density at radius 2 is 2.04 bits per heavy atom. The molecule has 5 nitrogen and oxygen atoms in total. The minimum Gasteiger partial charge on any atom is -0.497 e. The average Bonchev–Trinajstić information content (AvgIpc) is 3.19. The lowest BCUT2D eigenvalue weighted by molar-refractivity contribution is 0.271. The number of H-pyrrole nitrogens is 1. The molecular formula is C21H23N3O2. The van der Waals surface area contributed by atoms with Crippen LogP contribution in [0, 0.1) is 5.92 Å². The quantitative estimate of drug-likeness (QED) is 0.526. The van der Waals surface area contributed by atoms with Crippen LogP contribution in [0.1, 0.15) is 25.0 Å². The second-order valence-electron chi connectivity index (χ2n) is 6.98. The van der Waals surface area contributed by atoms with Crippen molar-refractivity contribution in [3.05, 3.63) is 53.6 Å². The third-order valence-electron chi connectivity index (χ3n) is 4.50. The van der Waals surface area contributed by atoms with Crippen LogP contribution >= 0.6 is 0 Å². The van der Waals surface area contributed by atoms with Gasteiger partial charge < -0.3 is 14.8 Å². The van der Waals surface area contributed by atoms with E-state index in [4.69, 9.17) is 9.47 Å². The maximum Gasteiger partial charge on any atom is 0.156 e. The standard InChI is InChI=1S/C21H23N3O2/c1-13(2)12-26-17-6-4-5-15(11-17)22-21-19-10-14-9-16(25-3)7-8-18(14)20(19)23-24-21/h4-9,11,13H,10,12H2,1-3H3,(H2,22,23,24). The van der Waals surface area contributed by atoms with Crippen LogP contribution in [0.5, 0.6) is 11.5 Å². The maximum absolute atomic E-state index is 5.81. The van der Waals surface area contributed by atoms with Gasteiger partial charge in [0.05, 0.1) is 19.4 Å². The fourth-order valence-electron chi connectivity index (χ4n) is 3.20. The molecular weight excluding hydrogens is 326 g/mol. The van der Waals surface area contributed by atoms with Crippen LogP contribution in [0.3, 0.4) is 0 Å². The van der Waals surface area contributed by atoms with Crippen molar-refractivity contribution in [2.24, 2.45) is 5.92 Å². The van der Waals surface area contributed by atoms with Gasteiger partial charge in [-0.2, -0.15) is 5.10 Å². The van der Waals surface area contributed by atoms with Gasteiger partial charge in [0.25, 0.3) is 0 Å². The van der Waals surface area contributed by atoms with E-state index in [-0.39, 0.29) is 0 Å². The highest BCUT2D eigenvalue weighted by Gasteiger charge is 2.25. The first-order valence-corrected chi connectivity index (χ1v) is 8.88. The summed E-state index contributed by atoms with van der Waals surface area (Å²) in [6, 6.07) is 14.2. The van der Waals surface area contributed by atoms with E-state index in [1.807, 2.05) is 30.3 Å². The second-order valence-corrected chi connectivity index (χ2v) is 6.98. The van der Waals surface area contributed by atoms with Gasteiger partial charge in [0.15, 0.2) is 5.82 Å². The largest absolute Gasteiger partial charge is 0.497 e. The van der Waals surface area contributed by atoms with Gasteiger partial charge in [-0.3, -0.25) is 5.10 Å². The van der Waals surface area contributed by atoms with Crippen molar-refractivity contribution in [2.45, 2.75) is 20.3 Å². The summed E-state index contributed by atoms with van der Waals surface area (Å²) in [7, 11) is 1.69. The summed E-state index contributed by atoms with van der Waals surface area (Å²) < 4.78 is 11.2. The molecule has 1 aliphatic carbocycles. The SMILES string of the molecule is COc1ccc2c(c1)Cc1c(Nc3cccc(OCC(C)C)c3)n[nH]c1-2. The lowest BCUT2D eigenvalue weighted by Gasteiger charge is -2.11. The highest BCUT2D eigenvalue weighted by atomic mass is 16.5. The smallest absolute Gasteiger partial charge is 0.156 e. The molecule has 26 heavy (non-hydrogen) atoms. The average molecular weight is 349 g/mol. The third-order valence-corrected chi connectivity index (χ3v) is 4.50. The molecule has 2 N–H and O–H groups in total. The topological polar surface area (TPSA) is 59.2 Å². The predicted octanol–water partition coefficient (Wildman–Crippen LogP) is 4.77. The Balaban J connectivity index is 1.55. The Morgan fingerprint density at radius 1 is 1.15 bits per heavy atom. The maximum atomic E-state index is 5.81. The van der Waals surface area contributed by atoms with Crippen LogP contribution in [0.25, 0.3) is 11.3 Å². The molecule has 5 heteroatoms. The fourth-order valence-corrected chi connectivity index (χ4v) is 3.20. The molecule has 3 aromatic rings. The number of rotatable bonds is 6. The minimum atomic E-state index is 0.497. The molecule has 0 bridgehead atoms. The van der Waals surface area contributed by atoms with Gasteiger partial charge >= 0.3 is 0 Å². The third kappa shape index (κ3) is 3.12. The molecule has 1 aliphatic rings. The van der Waals surface area contributed by atoms with Crippen molar-refractivity contribution in [1.82, 2.24) is 10.2 Å². The summed E-state index contributed by atoms with van der Waals surface area (Å²) in [5.74, 6) is 3.10.